The Morgan fingerprint density at radius 2 is 2.00 bits per heavy atom. The average molecular weight is 318 g/mol. The summed E-state index contributed by atoms with van der Waals surface area (Å²) in [7, 11) is 0. The Bertz CT molecular complexity index is 789. The van der Waals surface area contributed by atoms with E-state index in [4.69, 9.17) is 22.2 Å². The van der Waals surface area contributed by atoms with Crippen LogP contribution in [0.25, 0.3) is 5.57 Å². The van der Waals surface area contributed by atoms with Gasteiger partial charge in [-0.2, -0.15) is 5.11 Å². The number of hydrogen-bond donors (Lipinski definition) is 2. The monoisotopic (exact) mass is 317 g/mol. The van der Waals surface area contributed by atoms with Crippen LogP contribution < -0.4 is 0 Å². The highest BCUT2D eigenvalue weighted by atomic mass is 35.5. The fourth-order valence-electron chi connectivity index (χ4n) is 1.90. The minimum atomic E-state index is -1.10. The molecule has 7 nitrogen and oxygen atoms in total. The van der Waals surface area contributed by atoms with Gasteiger partial charge in [-0.1, -0.05) is 11.6 Å². The van der Waals surface area contributed by atoms with Crippen molar-refractivity contribution in [2.24, 2.45) is 5.11 Å². The highest BCUT2D eigenvalue weighted by Gasteiger charge is 2.16. The first-order valence-electron chi connectivity index (χ1n) is 6.20. The van der Waals surface area contributed by atoms with Crippen LogP contribution in [0.15, 0.2) is 29.8 Å². The van der Waals surface area contributed by atoms with E-state index >= 15 is 0 Å². The predicted octanol–water partition coefficient (Wildman–Crippen LogP) is 3.26. The molecule has 0 atom stereocenters. The highest BCUT2D eigenvalue weighted by molar-refractivity contribution is 6.30. The Morgan fingerprint density at radius 3 is 2.59 bits per heavy atom. The van der Waals surface area contributed by atoms with Gasteiger partial charge in [-0.3, -0.25) is 4.98 Å². The molecule has 0 amide bonds. The van der Waals surface area contributed by atoms with Crippen molar-refractivity contribution in [3.63, 3.8) is 0 Å². The second-order valence-corrected chi connectivity index (χ2v) is 4.89. The van der Waals surface area contributed by atoms with E-state index in [0.717, 1.165) is 0 Å². The largest absolute Gasteiger partial charge is 0.478 e. The van der Waals surface area contributed by atoms with Crippen molar-refractivity contribution < 1.29 is 9.90 Å². The van der Waals surface area contributed by atoms with E-state index in [1.807, 2.05) is 0 Å². The molecule has 0 spiro atoms. The summed E-state index contributed by atoms with van der Waals surface area (Å²) in [5, 5.41) is 12.7. The van der Waals surface area contributed by atoms with Crippen LogP contribution in [0.5, 0.6) is 0 Å². The van der Waals surface area contributed by atoms with Crippen molar-refractivity contribution in [3.8, 4) is 0 Å². The second-order valence-electron chi connectivity index (χ2n) is 4.46. The molecule has 0 aromatic carbocycles. The third-order valence-electron chi connectivity index (χ3n) is 2.99. The second kappa shape index (κ2) is 6.40. The number of hydrogen-bond acceptors (Lipinski definition) is 6. The van der Waals surface area contributed by atoms with E-state index in [0.29, 0.717) is 27.5 Å². The maximum absolute atomic E-state index is 11.0. The molecule has 0 radical (unpaired) electrons. The number of rotatable bonds is 4. The Kier molecular flexibility index (Phi) is 4.57. The van der Waals surface area contributed by atoms with Gasteiger partial charge in [-0.05, 0) is 19.9 Å². The van der Waals surface area contributed by atoms with Crippen molar-refractivity contribution in [1.82, 2.24) is 15.0 Å². The van der Waals surface area contributed by atoms with Gasteiger partial charge in [0.05, 0.1) is 22.5 Å². The number of carboxylic acid groups (broad SMARTS) is 1. The average Bonchev–Trinajstić information content (AvgIpc) is 2.47. The van der Waals surface area contributed by atoms with Gasteiger partial charge >= 0.3 is 5.97 Å². The molecule has 0 saturated carbocycles. The van der Waals surface area contributed by atoms with E-state index in [9.17, 15) is 4.79 Å². The van der Waals surface area contributed by atoms with Crippen LogP contribution in [0.2, 0.25) is 5.02 Å². The van der Waals surface area contributed by atoms with Crippen LogP contribution in [-0.4, -0.2) is 26.0 Å². The molecule has 8 heteroatoms. The third kappa shape index (κ3) is 3.15. The third-order valence-corrected chi connectivity index (χ3v) is 3.19. The molecule has 2 N–H and O–H groups in total. The van der Waals surface area contributed by atoms with Crippen molar-refractivity contribution >= 4 is 23.1 Å². The molecule has 112 valence electrons. The lowest BCUT2D eigenvalue weighted by Gasteiger charge is -2.10. The van der Waals surface area contributed by atoms with Gasteiger partial charge in [0, 0.05) is 29.2 Å². The maximum Gasteiger partial charge on any atom is 0.339 e. The number of nitrogens with zero attached hydrogens (tertiary/aromatic N) is 4. The molecular formula is C14H12ClN5O2. The minimum Gasteiger partial charge on any atom is -0.478 e. The topological polar surface area (TPSA) is 112 Å². The first kappa shape index (κ1) is 15.7. The van der Waals surface area contributed by atoms with Gasteiger partial charge in [0.1, 0.15) is 0 Å². The molecular weight excluding hydrogens is 306 g/mol. The Hall–Kier alpha value is -2.67. The number of aromatic nitrogens is 3. The Labute approximate surface area is 131 Å². The summed E-state index contributed by atoms with van der Waals surface area (Å²) in [6.07, 6.45) is 4.01. The van der Waals surface area contributed by atoms with Gasteiger partial charge in [-0.15, -0.1) is 0 Å². The van der Waals surface area contributed by atoms with Gasteiger partial charge in [-0.25, -0.2) is 20.3 Å². The molecule has 0 bridgehead atoms. The minimum absolute atomic E-state index is 0.0202. The standard InChI is InChI=1S/C14H12ClN5O2/c1-7-10(3-9(15)4-17-7)12(6-19-16)13-18-5-11(14(21)22)8(2)20-13/h3-6,16H,1-2H3,(H,21,22)/b12-6+,19-16?. The highest BCUT2D eigenvalue weighted by Crippen LogP contribution is 2.25. The van der Waals surface area contributed by atoms with Crippen LogP contribution in [0.1, 0.15) is 33.1 Å². The zero-order chi connectivity index (χ0) is 16.3. The maximum atomic E-state index is 11.0. The van der Waals surface area contributed by atoms with Crippen molar-refractivity contribution in [3.05, 3.63) is 58.0 Å². The van der Waals surface area contributed by atoms with Gasteiger partial charge < -0.3 is 5.11 Å². The number of halogens is 1. The molecule has 0 unspecified atom stereocenters. The number of pyridine rings is 1. The number of carboxylic acids is 1. The van der Waals surface area contributed by atoms with Crippen molar-refractivity contribution in [1.29, 1.82) is 5.53 Å². The number of aryl methyl sites for hydroxylation is 2. The first-order valence-corrected chi connectivity index (χ1v) is 6.58. The van der Waals surface area contributed by atoms with E-state index in [1.165, 1.54) is 18.6 Å². The smallest absolute Gasteiger partial charge is 0.339 e. The Balaban J connectivity index is 2.61. The van der Waals surface area contributed by atoms with Crippen LogP contribution >= 0.6 is 11.6 Å². The zero-order valence-electron chi connectivity index (χ0n) is 11.8. The van der Waals surface area contributed by atoms with E-state index in [1.54, 1.807) is 19.9 Å². The lowest BCUT2D eigenvalue weighted by atomic mass is 10.0. The van der Waals surface area contributed by atoms with Gasteiger partial charge in [0.25, 0.3) is 0 Å². The SMILES string of the molecule is Cc1nc(/C(=C/N=N)c2cc(Cl)cnc2C)ncc1C(=O)O. The summed E-state index contributed by atoms with van der Waals surface area (Å²) in [5.74, 6) is -0.842. The summed E-state index contributed by atoms with van der Waals surface area (Å²) in [4.78, 5) is 23.4. The first-order chi connectivity index (χ1) is 10.4. The normalized spacial score (nSPS) is 11.3. The molecule has 0 aliphatic carbocycles. The molecule has 2 aromatic heterocycles. The lowest BCUT2D eigenvalue weighted by Crippen LogP contribution is -2.07. The predicted molar refractivity (Wildman–Crippen MR) is 79.9 cm³/mol. The van der Waals surface area contributed by atoms with E-state index < -0.39 is 5.97 Å². The van der Waals surface area contributed by atoms with Crippen LogP contribution in [0.3, 0.4) is 0 Å². The number of carbonyl (C=O) groups is 1. The molecule has 0 saturated heterocycles. The van der Waals surface area contributed by atoms with Gasteiger partial charge in [0.2, 0.25) is 0 Å². The molecule has 2 aromatic rings. The van der Waals surface area contributed by atoms with Crippen LogP contribution in [-0.2, 0) is 0 Å². The summed E-state index contributed by atoms with van der Waals surface area (Å²) < 4.78 is 0. The number of nitrogens with one attached hydrogen (secondary N) is 1. The van der Waals surface area contributed by atoms with Crippen LogP contribution in [0.4, 0.5) is 0 Å². The van der Waals surface area contributed by atoms with Crippen LogP contribution in [0, 0.1) is 19.4 Å². The molecule has 0 fully saturated rings. The Morgan fingerprint density at radius 1 is 1.27 bits per heavy atom. The fraction of sp³-hybridized carbons (Fsp3) is 0.143. The molecule has 22 heavy (non-hydrogen) atoms. The van der Waals surface area contributed by atoms with Crippen molar-refractivity contribution in [2.75, 3.05) is 0 Å². The molecule has 2 heterocycles. The van der Waals surface area contributed by atoms with Gasteiger partial charge in [0.15, 0.2) is 5.82 Å². The van der Waals surface area contributed by atoms with E-state index in [-0.39, 0.29) is 11.4 Å². The summed E-state index contributed by atoms with van der Waals surface area (Å²) >= 11 is 5.96. The summed E-state index contributed by atoms with van der Waals surface area (Å²) in [6.45, 7) is 3.36. The molecule has 2 rings (SSSR count). The summed E-state index contributed by atoms with van der Waals surface area (Å²) in [6, 6.07) is 1.67. The molecule has 0 aliphatic rings. The summed E-state index contributed by atoms with van der Waals surface area (Å²) in [5.41, 5.74) is 9.15. The lowest BCUT2D eigenvalue weighted by molar-refractivity contribution is 0.0695. The van der Waals surface area contributed by atoms with Crippen molar-refractivity contribution in [2.45, 2.75) is 13.8 Å². The van der Waals surface area contributed by atoms with E-state index in [2.05, 4.69) is 20.1 Å². The molecule has 0 aliphatic heterocycles. The quantitative estimate of drug-likeness (QED) is 0.840. The fourth-order valence-corrected chi connectivity index (χ4v) is 2.06. The zero-order valence-corrected chi connectivity index (χ0v) is 12.6. The number of aromatic carboxylic acids is 1.